The second-order valence-electron chi connectivity index (χ2n) is 4.91. The second kappa shape index (κ2) is 7.48. The van der Waals surface area contributed by atoms with Crippen molar-refractivity contribution in [2.24, 2.45) is 5.73 Å². The minimum atomic E-state index is 0.407. The van der Waals surface area contributed by atoms with Gasteiger partial charge in [0.05, 0.1) is 13.2 Å². The lowest BCUT2D eigenvalue weighted by Crippen LogP contribution is -2.52. The van der Waals surface area contributed by atoms with Crippen LogP contribution in [0.4, 0.5) is 5.69 Å². The SMILES string of the molecule is CCN(CC(CN)N1CCOCC1)c1ccccc1. The van der Waals surface area contributed by atoms with Gasteiger partial charge in [-0.1, -0.05) is 18.2 Å². The number of rotatable bonds is 6. The van der Waals surface area contributed by atoms with Gasteiger partial charge in [-0.25, -0.2) is 0 Å². The standard InChI is InChI=1S/C15H25N3O/c1-2-17(14-6-4-3-5-7-14)13-15(12-16)18-8-10-19-11-9-18/h3-7,15H,2,8-13,16H2,1H3. The Morgan fingerprint density at radius 3 is 2.53 bits per heavy atom. The fourth-order valence-electron chi connectivity index (χ4n) is 2.59. The lowest BCUT2D eigenvalue weighted by atomic mass is 10.2. The van der Waals surface area contributed by atoms with Gasteiger partial charge in [0.25, 0.3) is 0 Å². The van der Waals surface area contributed by atoms with Crippen LogP contribution in [0.3, 0.4) is 0 Å². The molecule has 4 heteroatoms. The molecule has 0 spiro atoms. The normalized spacial score (nSPS) is 18.2. The number of para-hydroxylation sites is 1. The van der Waals surface area contributed by atoms with Crippen LogP contribution in [0.15, 0.2) is 30.3 Å². The van der Waals surface area contributed by atoms with Crippen LogP contribution < -0.4 is 10.6 Å². The molecule has 1 aromatic rings. The summed E-state index contributed by atoms with van der Waals surface area (Å²) in [5.41, 5.74) is 7.25. The fourth-order valence-corrected chi connectivity index (χ4v) is 2.59. The molecule has 2 N–H and O–H groups in total. The van der Waals surface area contributed by atoms with Crippen LogP contribution in [-0.2, 0) is 4.74 Å². The van der Waals surface area contributed by atoms with E-state index in [1.54, 1.807) is 0 Å². The number of nitrogens with two attached hydrogens (primary N) is 1. The lowest BCUT2D eigenvalue weighted by molar-refractivity contribution is 0.0198. The predicted octanol–water partition coefficient (Wildman–Crippen LogP) is 1.17. The van der Waals surface area contributed by atoms with Crippen LogP contribution in [0.5, 0.6) is 0 Å². The molecule has 1 fully saturated rings. The van der Waals surface area contributed by atoms with Crippen molar-refractivity contribution < 1.29 is 4.74 Å². The average molecular weight is 263 g/mol. The van der Waals surface area contributed by atoms with Crippen molar-refractivity contribution in [3.8, 4) is 0 Å². The Hall–Kier alpha value is -1.10. The van der Waals surface area contributed by atoms with Crippen LogP contribution >= 0.6 is 0 Å². The Morgan fingerprint density at radius 2 is 1.95 bits per heavy atom. The van der Waals surface area contributed by atoms with Crippen LogP contribution in [0.25, 0.3) is 0 Å². The summed E-state index contributed by atoms with van der Waals surface area (Å²) in [6.07, 6.45) is 0. The molecule has 1 heterocycles. The summed E-state index contributed by atoms with van der Waals surface area (Å²) in [4.78, 5) is 4.85. The first-order valence-electron chi connectivity index (χ1n) is 7.17. The van der Waals surface area contributed by atoms with E-state index in [0.717, 1.165) is 39.4 Å². The molecule has 0 aromatic heterocycles. The van der Waals surface area contributed by atoms with Gasteiger partial charge < -0.3 is 15.4 Å². The Morgan fingerprint density at radius 1 is 1.26 bits per heavy atom. The molecule has 0 saturated carbocycles. The summed E-state index contributed by atoms with van der Waals surface area (Å²) in [6.45, 7) is 8.52. The van der Waals surface area contributed by atoms with E-state index in [4.69, 9.17) is 10.5 Å². The molecular formula is C15H25N3O. The quantitative estimate of drug-likeness (QED) is 0.836. The molecule has 0 aliphatic carbocycles. The van der Waals surface area contributed by atoms with Crippen LogP contribution in [-0.4, -0.2) is 56.9 Å². The van der Waals surface area contributed by atoms with Crippen molar-refractivity contribution >= 4 is 5.69 Å². The number of benzene rings is 1. The minimum Gasteiger partial charge on any atom is -0.379 e. The lowest BCUT2D eigenvalue weighted by Gasteiger charge is -2.37. The van der Waals surface area contributed by atoms with E-state index < -0.39 is 0 Å². The average Bonchev–Trinajstić information content (AvgIpc) is 2.50. The maximum atomic E-state index is 5.98. The molecule has 1 aliphatic heterocycles. The first-order valence-corrected chi connectivity index (χ1v) is 7.17. The zero-order valence-corrected chi connectivity index (χ0v) is 11.8. The van der Waals surface area contributed by atoms with Gasteiger partial charge in [-0.3, -0.25) is 4.90 Å². The van der Waals surface area contributed by atoms with Gasteiger partial charge in [0, 0.05) is 44.5 Å². The van der Waals surface area contributed by atoms with E-state index in [9.17, 15) is 0 Å². The molecule has 1 aromatic carbocycles. The molecule has 1 aliphatic rings. The van der Waals surface area contributed by atoms with Crippen molar-refractivity contribution in [3.05, 3.63) is 30.3 Å². The highest BCUT2D eigenvalue weighted by Gasteiger charge is 2.21. The van der Waals surface area contributed by atoms with Gasteiger partial charge in [0.1, 0.15) is 0 Å². The summed E-state index contributed by atoms with van der Waals surface area (Å²) in [5, 5.41) is 0. The predicted molar refractivity (Wildman–Crippen MR) is 79.6 cm³/mol. The Labute approximate surface area is 116 Å². The monoisotopic (exact) mass is 263 g/mol. The van der Waals surface area contributed by atoms with Gasteiger partial charge in [-0.05, 0) is 19.1 Å². The van der Waals surface area contributed by atoms with Crippen molar-refractivity contribution in [1.82, 2.24) is 4.90 Å². The number of hydrogen-bond acceptors (Lipinski definition) is 4. The summed E-state index contributed by atoms with van der Waals surface area (Å²) in [7, 11) is 0. The van der Waals surface area contributed by atoms with Crippen LogP contribution in [0.2, 0.25) is 0 Å². The molecule has 1 saturated heterocycles. The van der Waals surface area contributed by atoms with E-state index in [1.165, 1.54) is 5.69 Å². The third-order valence-corrected chi connectivity index (χ3v) is 3.77. The van der Waals surface area contributed by atoms with Gasteiger partial charge >= 0.3 is 0 Å². The number of nitrogens with zero attached hydrogens (tertiary/aromatic N) is 2. The maximum absolute atomic E-state index is 5.98. The van der Waals surface area contributed by atoms with Gasteiger partial charge in [-0.15, -0.1) is 0 Å². The third kappa shape index (κ3) is 3.93. The molecule has 0 radical (unpaired) electrons. The number of likely N-dealkylation sites (N-methyl/N-ethyl adjacent to an activating group) is 1. The topological polar surface area (TPSA) is 41.7 Å². The van der Waals surface area contributed by atoms with Crippen molar-refractivity contribution in [2.45, 2.75) is 13.0 Å². The molecule has 1 atom stereocenters. The highest BCUT2D eigenvalue weighted by molar-refractivity contribution is 5.46. The van der Waals surface area contributed by atoms with Gasteiger partial charge in [0.2, 0.25) is 0 Å². The third-order valence-electron chi connectivity index (χ3n) is 3.77. The number of anilines is 1. The first kappa shape index (κ1) is 14.3. The maximum Gasteiger partial charge on any atom is 0.0594 e. The zero-order valence-electron chi connectivity index (χ0n) is 11.8. The Kier molecular flexibility index (Phi) is 5.63. The van der Waals surface area contributed by atoms with E-state index >= 15 is 0 Å². The van der Waals surface area contributed by atoms with E-state index in [2.05, 4.69) is 47.1 Å². The van der Waals surface area contributed by atoms with Crippen LogP contribution in [0.1, 0.15) is 6.92 Å². The molecule has 2 rings (SSSR count). The second-order valence-corrected chi connectivity index (χ2v) is 4.91. The van der Waals surface area contributed by atoms with E-state index in [0.29, 0.717) is 12.6 Å². The molecule has 1 unspecified atom stereocenters. The van der Waals surface area contributed by atoms with E-state index in [-0.39, 0.29) is 0 Å². The number of hydrogen-bond donors (Lipinski definition) is 1. The van der Waals surface area contributed by atoms with Crippen molar-refractivity contribution in [2.75, 3.05) is 50.8 Å². The van der Waals surface area contributed by atoms with Gasteiger partial charge in [0.15, 0.2) is 0 Å². The zero-order chi connectivity index (χ0) is 13.5. The van der Waals surface area contributed by atoms with Crippen molar-refractivity contribution in [3.63, 3.8) is 0 Å². The number of ether oxygens (including phenoxy) is 1. The smallest absolute Gasteiger partial charge is 0.0594 e. The summed E-state index contributed by atoms with van der Waals surface area (Å²) in [5.74, 6) is 0. The first-order chi connectivity index (χ1) is 9.35. The van der Waals surface area contributed by atoms with Gasteiger partial charge in [-0.2, -0.15) is 0 Å². The van der Waals surface area contributed by atoms with Crippen molar-refractivity contribution in [1.29, 1.82) is 0 Å². The molecule has 19 heavy (non-hydrogen) atoms. The van der Waals surface area contributed by atoms with Crippen LogP contribution in [0, 0.1) is 0 Å². The molecule has 106 valence electrons. The summed E-state index contributed by atoms with van der Waals surface area (Å²) < 4.78 is 5.41. The molecule has 0 bridgehead atoms. The fraction of sp³-hybridized carbons (Fsp3) is 0.600. The minimum absolute atomic E-state index is 0.407. The Bertz CT molecular complexity index is 352. The highest BCUT2D eigenvalue weighted by Crippen LogP contribution is 2.15. The molecular weight excluding hydrogens is 238 g/mol. The summed E-state index contributed by atoms with van der Waals surface area (Å²) >= 11 is 0. The molecule has 0 amide bonds. The summed E-state index contributed by atoms with van der Waals surface area (Å²) in [6, 6.07) is 11.0. The highest BCUT2D eigenvalue weighted by atomic mass is 16.5. The largest absolute Gasteiger partial charge is 0.379 e. The Balaban J connectivity index is 1.99. The van der Waals surface area contributed by atoms with E-state index in [1.807, 2.05) is 0 Å². The number of morpholine rings is 1. The molecule has 4 nitrogen and oxygen atoms in total.